The van der Waals surface area contributed by atoms with Crippen molar-refractivity contribution in [3.8, 4) is 22.5 Å². The lowest BCUT2D eigenvalue weighted by atomic mass is 9.99. The molecule has 2 nitrogen and oxygen atoms in total. The molecule has 0 spiro atoms. The van der Waals surface area contributed by atoms with Crippen LogP contribution < -0.4 is 20.7 Å². The molecule has 0 aliphatic heterocycles. The summed E-state index contributed by atoms with van der Waals surface area (Å²) in [6.45, 7) is 0. The first-order valence-electron chi connectivity index (χ1n) is 19.7. The molecule has 11 aromatic rings. The molecule has 0 aliphatic rings. The Morgan fingerprint density at radius 3 is 1.42 bits per heavy atom. The average molecular weight is 743 g/mol. The highest BCUT2D eigenvalue weighted by Gasteiger charge is 2.41. The lowest BCUT2D eigenvalue weighted by Gasteiger charge is -2.34. The Hall–Kier alpha value is -7.20. The molecule has 0 aliphatic carbocycles. The summed E-state index contributed by atoms with van der Waals surface area (Å²) in [6, 6.07) is 85.2. The maximum atomic E-state index is 2.55. The lowest BCUT2D eigenvalue weighted by Crippen LogP contribution is -2.74. The number of nitrogens with zero attached hydrogens (tertiary/aromatic N) is 2. The van der Waals surface area contributed by atoms with Crippen LogP contribution in [0.4, 0.5) is 0 Å². The van der Waals surface area contributed by atoms with E-state index in [0.29, 0.717) is 0 Å². The van der Waals surface area contributed by atoms with Crippen LogP contribution >= 0.6 is 0 Å². The third-order valence-electron chi connectivity index (χ3n) is 11.9. The van der Waals surface area contributed by atoms with E-state index in [1.165, 1.54) is 81.2 Å². The predicted molar refractivity (Wildman–Crippen MR) is 244 cm³/mol. The zero-order chi connectivity index (χ0) is 37.8. The Kier molecular flexibility index (Phi) is 7.87. The summed E-state index contributed by atoms with van der Waals surface area (Å²) in [7, 11) is -2.80. The maximum absolute atomic E-state index is 2.80. The van der Waals surface area contributed by atoms with Crippen LogP contribution in [0.25, 0.3) is 66.1 Å². The van der Waals surface area contributed by atoms with Gasteiger partial charge in [-0.2, -0.15) is 0 Å². The first-order valence-corrected chi connectivity index (χ1v) is 21.7. The van der Waals surface area contributed by atoms with Crippen LogP contribution in [0, 0.1) is 0 Å². The Bertz CT molecular complexity index is 3110. The molecule has 11 rings (SSSR count). The van der Waals surface area contributed by atoms with E-state index in [0.717, 1.165) is 5.69 Å². The third-order valence-corrected chi connectivity index (χ3v) is 16.6. The molecule has 0 fully saturated rings. The second-order valence-electron chi connectivity index (χ2n) is 14.8. The van der Waals surface area contributed by atoms with E-state index in [1.807, 2.05) is 0 Å². The maximum Gasteiger partial charge on any atom is 0.179 e. The number of aromatic nitrogens is 2. The normalized spacial score (nSPS) is 11.9. The molecule has 268 valence electrons. The predicted octanol–water partition coefficient (Wildman–Crippen LogP) is 10.9. The van der Waals surface area contributed by atoms with Crippen LogP contribution in [0.1, 0.15) is 0 Å². The molecule has 0 atom stereocenters. The van der Waals surface area contributed by atoms with Crippen molar-refractivity contribution in [1.82, 2.24) is 9.13 Å². The second-order valence-corrected chi connectivity index (χ2v) is 18.6. The first-order chi connectivity index (χ1) is 28.3. The van der Waals surface area contributed by atoms with E-state index in [-0.39, 0.29) is 0 Å². The summed E-state index contributed by atoms with van der Waals surface area (Å²) >= 11 is 0. The van der Waals surface area contributed by atoms with Gasteiger partial charge < -0.3 is 9.13 Å². The molecule has 0 N–H and O–H groups in total. The van der Waals surface area contributed by atoms with Gasteiger partial charge in [0.25, 0.3) is 0 Å². The van der Waals surface area contributed by atoms with Crippen molar-refractivity contribution < 1.29 is 0 Å². The van der Waals surface area contributed by atoms with Gasteiger partial charge in [-0.25, -0.2) is 0 Å². The van der Waals surface area contributed by atoms with E-state index in [1.54, 1.807) is 0 Å². The Morgan fingerprint density at radius 1 is 0.298 bits per heavy atom. The van der Waals surface area contributed by atoms with Crippen LogP contribution in [-0.4, -0.2) is 17.2 Å². The summed E-state index contributed by atoms with van der Waals surface area (Å²) in [4.78, 5) is 0. The monoisotopic (exact) mass is 742 g/mol. The highest BCUT2D eigenvalue weighted by molar-refractivity contribution is 7.20. The SMILES string of the molecule is c1ccc(-c2cccc3c2c2c(-n4c5ccccc5c5ccc([Si](c6ccccc6)(c6ccccc6)c6ccccc6)cc54)cccc2n3-c2ccccc2)cc1. The molecule has 0 radical (unpaired) electrons. The van der Waals surface area contributed by atoms with Gasteiger partial charge in [0.1, 0.15) is 0 Å². The highest BCUT2D eigenvalue weighted by Crippen LogP contribution is 2.43. The number of benzene rings is 9. The zero-order valence-electron chi connectivity index (χ0n) is 31.3. The number of rotatable bonds is 7. The van der Waals surface area contributed by atoms with E-state index < -0.39 is 8.07 Å². The van der Waals surface area contributed by atoms with E-state index in [9.17, 15) is 0 Å². The fraction of sp³-hybridized carbons (Fsp3) is 0. The standard InChI is InChI=1S/C54H38N2Si/c1-6-20-39(21-7-1)45-31-18-33-49-53(45)54-50(55(49)40-22-8-2-9-23-40)34-19-35-51(54)56-48-32-17-16-30-46(48)47-37-36-44(38-52(47)56)57(41-24-10-3-11-25-41,42-26-12-4-13-27-42)43-28-14-5-15-29-43/h1-38H. The molecule has 9 aromatic carbocycles. The van der Waals surface area contributed by atoms with Gasteiger partial charge in [0.2, 0.25) is 0 Å². The second kappa shape index (κ2) is 13.5. The van der Waals surface area contributed by atoms with Gasteiger partial charge >= 0.3 is 0 Å². The fourth-order valence-electron chi connectivity index (χ4n) is 9.52. The van der Waals surface area contributed by atoms with Crippen molar-refractivity contribution >= 4 is 72.4 Å². The largest absolute Gasteiger partial charge is 0.309 e. The molecule has 0 saturated carbocycles. The topological polar surface area (TPSA) is 9.86 Å². The molecule has 57 heavy (non-hydrogen) atoms. The van der Waals surface area contributed by atoms with Crippen LogP contribution in [0.3, 0.4) is 0 Å². The molecule has 0 amide bonds. The lowest BCUT2D eigenvalue weighted by molar-refractivity contribution is 1.17. The van der Waals surface area contributed by atoms with Crippen molar-refractivity contribution in [2.75, 3.05) is 0 Å². The van der Waals surface area contributed by atoms with Crippen molar-refractivity contribution in [3.05, 3.63) is 231 Å². The molecular formula is C54H38N2Si. The van der Waals surface area contributed by atoms with Gasteiger partial charge in [0.05, 0.1) is 27.8 Å². The van der Waals surface area contributed by atoms with Crippen molar-refractivity contribution in [2.24, 2.45) is 0 Å². The van der Waals surface area contributed by atoms with Crippen LogP contribution in [0.5, 0.6) is 0 Å². The van der Waals surface area contributed by atoms with Crippen molar-refractivity contribution in [1.29, 1.82) is 0 Å². The molecular weight excluding hydrogens is 705 g/mol. The van der Waals surface area contributed by atoms with Crippen LogP contribution in [0.2, 0.25) is 0 Å². The van der Waals surface area contributed by atoms with Crippen molar-refractivity contribution in [3.63, 3.8) is 0 Å². The van der Waals surface area contributed by atoms with Gasteiger partial charge in [-0.15, -0.1) is 0 Å². The summed E-state index contributed by atoms with van der Waals surface area (Å²) in [5.41, 5.74) is 9.53. The average Bonchev–Trinajstić information content (AvgIpc) is 3.81. The van der Waals surface area contributed by atoms with E-state index in [2.05, 4.69) is 240 Å². The van der Waals surface area contributed by atoms with E-state index in [4.69, 9.17) is 0 Å². The van der Waals surface area contributed by atoms with Crippen LogP contribution in [0.15, 0.2) is 231 Å². The number of hydrogen-bond acceptors (Lipinski definition) is 0. The summed E-state index contributed by atoms with van der Waals surface area (Å²) in [6.07, 6.45) is 0. The summed E-state index contributed by atoms with van der Waals surface area (Å²) in [5, 5.41) is 10.4. The van der Waals surface area contributed by atoms with Crippen molar-refractivity contribution in [2.45, 2.75) is 0 Å². The minimum atomic E-state index is -2.80. The van der Waals surface area contributed by atoms with E-state index >= 15 is 0 Å². The Labute approximate surface area is 333 Å². The minimum Gasteiger partial charge on any atom is -0.309 e. The smallest absolute Gasteiger partial charge is 0.179 e. The fourth-order valence-corrected chi connectivity index (χ4v) is 14.3. The zero-order valence-corrected chi connectivity index (χ0v) is 32.3. The minimum absolute atomic E-state index is 1.15. The van der Waals surface area contributed by atoms with Gasteiger partial charge in [-0.3, -0.25) is 0 Å². The number of hydrogen-bond donors (Lipinski definition) is 0. The number of para-hydroxylation sites is 2. The summed E-state index contributed by atoms with van der Waals surface area (Å²) < 4.78 is 4.99. The molecule has 0 saturated heterocycles. The summed E-state index contributed by atoms with van der Waals surface area (Å²) in [5.74, 6) is 0. The highest BCUT2D eigenvalue weighted by atomic mass is 28.3. The Morgan fingerprint density at radius 2 is 0.789 bits per heavy atom. The number of fused-ring (bicyclic) bond motifs is 6. The molecule has 3 heteroatoms. The molecule has 2 aromatic heterocycles. The molecule has 2 heterocycles. The quantitative estimate of drug-likeness (QED) is 0.114. The first kappa shape index (κ1) is 33.2. The molecule has 0 unspecified atom stereocenters. The van der Waals surface area contributed by atoms with Gasteiger partial charge in [0.15, 0.2) is 8.07 Å². The van der Waals surface area contributed by atoms with Gasteiger partial charge in [-0.1, -0.05) is 188 Å². The third kappa shape index (κ3) is 5.10. The van der Waals surface area contributed by atoms with Gasteiger partial charge in [-0.05, 0) is 74.3 Å². The Balaban J connectivity index is 1.30. The van der Waals surface area contributed by atoms with Crippen LogP contribution in [-0.2, 0) is 0 Å². The van der Waals surface area contributed by atoms with Gasteiger partial charge in [0, 0.05) is 27.2 Å². The molecule has 0 bridgehead atoms.